The fourth-order valence-electron chi connectivity index (χ4n) is 1.79. The van der Waals surface area contributed by atoms with Crippen LogP contribution in [0.4, 0.5) is 0 Å². The lowest BCUT2D eigenvalue weighted by Gasteiger charge is -2.36. The second kappa shape index (κ2) is 4.61. The first kappa shape index (κ1) is 10.5. The molecule has 3 heteroatoms. The van der Waals surface area contributed by atoms with E-state index in [9.17, 15) is 0 Å². The minimum atomic E-state index is 0.265. The van der Waals surface area contributed by atoms with Crippen LogP contribution in [0.2, 0.25) is 0 Å². The molecule has 3 nitrogen and oxygen atoms in total. The first-order valence-corrected chi connectivity index (χ1v) is 5.11. The predicted molar refractivity (Wildman–Crippen MR) is 54.2 cm³/mol. The van der Waals surface area contributed by atoms with Crippen molar-refractivity contribution in [3.8, 4) is 0 Å². The molecule has 1 N–H and O–H groups in total. The Kier molecular flexibility index (Phi) is 3.72. The summed E-state index contributed by atoms with van der Waals surface area (Å²) >= 11 is 0. The fourth-order valence-corrected chi connectivity index (χ4v) is 1.79. The molecule has 1 rings (SSSR count). The number of morpholine rings is 1. The summed E-state index contributed by atoms with van der Waals surface area (Å²) in [5.74, 6) is 0.768. The molecule has 0 aliphatic carbocycles. The summed E-state index contributed by atoms with van der Waals surface area (Å²) in [6.45, 7) is 8.01. The van der Waals surface area contributed by atoms with Crippen molar-refractivity contribution < 1.29 is 4.74 Å². The summed E-state index contributed by atoms with van der Waals surface area (Å²) in [6, 6.07) is 0. The maximum absolute atomic E-state index is 7.83. The van der Waals surface area contributed by atoms with Crippen molar-refractivity contribution in [2.75, 3.05) is 13.1 Å². The van der Waals surface area contributed by atoms with Crippen molar-refractivity contribution in [2.24, 2.45) is 0 Å². The summed E-state index contributed by atoms with van der Waals surface area (Å²) in [6.07, 6.45) is 2.47. The zero-order chi connectivity index (χ0) is 9.84. The van der Waals surface area contributed by atoms with Crippen LogP contribution in [0.15, 0.2) is 0 Å². The molecular weight excluding hydrogens is 164 g/mol. The van der Waals surface area contributed by atoms with Gasteiger partial charge in [0.15, 0.2) is 0 Å². The minimum Gasteiger partial charge on any atom is -0.372 e. The summed E-state index contributed by atoms with van der Waals surface area (Å²) in [4.78, 5) is 2.14. The predicted octanol–water partition coefficient (Wildman–Crippen LogP) is 1.87. The van der Waals surface area contributed by atoms with E-state index in [0.29, 0.717) is 0 Å². The third kappa shape index (κ3) is 2.99. The highest BCUT2D eigenvalue weighted by Crippen LogP contribution is 2.12. The lowest BCUT2D eigenvalue weighted by atomic mass is 10.2. The van der Waals surface area contributed by atoms with Crippen molar-refractivity contribution in [3.05, 3.63) is 0 Å². The van der Waals surface area contributed by atoms with Crippen LogP contribution in [0.25, 0.3) is 0 Å². The van der Waals surface area contributed by atoms with E-state index < -0.39 is 0 Å². The molecule has 0 amide bonds. The monoisotopic (exact) mass is 184 g/mol. The first-order chi connectivity index (χ1) is 6.13. The van der Waals surface area contributed by atoms with Gasteiger partial charge in [-0.3, -0.25) is 5.41 Å². The van der Waals surface area contributed by atoms with E-state index in [4.69, 9.17) is 10.1 Å². The molecule has 1 saturated heterocycles. The molecule has 1 fully saturated rings. The molecule has 76 valence electrons. The van der Waals surface area contributed by atoms with Crippen molar-refractivity contribution in [1.82, 2.24) is 4.90 Å². The second-order valence-electron chi connectivity index (χ2n) is 3.86. The van der Waals surface area contributed by atoms with Gasteiger partial charge in [0.25, 0.3) is 0 Å². The van der Waals surface area contributed by atoms with Crippen LogP contribution >= 0.6 is 0 Å². The van der Waals surface area contributed by atoms with Crippen LogP contribution < -0.4 is 0 Å². The average molecular weight is 184 g/mol. The van der Waals surface area contributed by atoms with E-state index in [1.54, 1.807) is 0 Å². The van der Waals surface area contributed by atoms with Gasteiger partial charge >= 0.3 is 0 Å². The number of ether oxygens (including phenoxy) is 1. The summed E-state index contributed by atoms with van der Waals surface area (Å²) in [7, 11) is 0. The zero-order valence-electron chi connectivity index (χ0n) is 8.84. The number of hydrogen-bond acceptors (Lipinski definition) is 2. The summed E-state index contributed by atoms with van der Waals surface area (Å²) in [5.41, 5.74) is 0. The molecule has 0 unspecified atom stereocenters. The first-order valence-electron chi connectivity index (χ1n) is 5.11. The van der Waals surface area contributed by atoms with Crippen LogP contribution in [0.5, 0.6) is 0 Å². The normalized spacial score (nSPS) is 29.0. The van der Waals surface area contributed by atoms with Crippen molar-refractivity contribution >= 4 is 5.84 Å². The minimum absolute atomic E-state index is 0.265. The molecule has 0 bridgehead atoms. The standard InChI is InChI=1S/C10H20N2O/c1-4-5-10(11)12-6-8(2)13-9(3)7-12/h8-9,11H,4-7H2,1-3H3/t8-,9+. The molecule has 1 heterocycles. The largest absolute Gasteiger partial charge is 0.372 e. The molecule has 0 radical (unpaired) electrons. The van der Waals surface area contributed by atoms with Crippen molar-refractivity contribution in [3.63, 3.8) is 0 Å². The Balaban J connectivity index is 2.45. The number of hydrogen-bond donors (Lipinski definition) is 1. The van der Waals surface area contributed by atoms with E-state index in [1.165, 1.54) is 0 Å². The summed E-state index contributed by atoms with van der Waals surface area (Å²) < 4.78 is 5.61. The van der Waals surface area contributed by atoms with Crippen LogP contribution in [-0.2, 0) is 4.74 Å². The van der Waals surface area contributed by atoms with Gasteiger partial charge in [-0.1, -0.05) is 6.92 Å². The molecule has 0 aromatic heterocycles. The molecule has 0 aromatic rings. The third-order valence-corrected chi connectivity index (χ3v) is 2.29. The molecule has 0 aromatic carbocycles. The van der Waals surface area contributed by atoms with Gasteiger partial charge in [0.1, 0.15) is 0 Å². The van der Waals surface area contributed by atoms with Crippen molar-refractivity contribution in [2.45, 2.75) is 45.8 Å². The third-order valence-electron chi connectivity index (χ3n) is 2.29. The topological polar surface area (TPSA) is 36.3 Å². The van der Waals surface area contributed by atoms with Gasteiger partial charge in [-0.25, -0.2) is 0 Å². The lowest BCUT2D eigenvalue weighted by Crippen LogP contribution is -2.47. The van der Waals surface area contributed by atoms with Crippen molar-refractivity contribution in [1.29, 1.82) is 5.41 Å². The Morgan fingerprint density at radius 3 is 2.38 bits per heavy atom. The van der Waals surface area contributed by atoms with Gasteiger partial charge in [0.05, 0.1) is 18.0 Å². The average Bonchev–Trinajstić information content (AvgIpc) is 2.03. The zero-order valence-corrected chi connectivity index (χ0v) is 8.84. The fraction of sp³-hybridized carbons (Fsp3) is 0.900. The Hall–Kier alpha value is -0.570. The summed E-state index contributed by atoms with van der Waals surface area (Å²) in [5, 5.41) is 7.83. The van der Waals surface area contributed by atoms with Crippen LogP contribution in [0.3, 0.4) is 0 Å². The van der Waals surface area contributed by atoms with Gasteiger partial charge in [0.2, 0.25) is 0 Å². The number of rotatable bonds is 2. The van der Waals surface area contributed by atoms with Gasteiger partial charge in [0, 0.05) is 19.5 Å². The van der Waals surface area contributed by atoms with Crippen LogP contribution in [-0.4, -0.2) is 36.0 Å². The van der Waals surface area contributed by atoms with Gasteiger partial charge in [-0.2, -0.15) is 0 Å². The van der Waals surface area contributed by atoms with Gasteiger partial charge < -0.3 is 9.64 Å². The Morgan fingerprint density at radius 2 is 1.92 bits per heavy atom. The van der Waals surface area contributed by atoms with E-state index in [2.05, 4.69) is 25.7 Å². The molecule has 1 aliphatic rings. The highest BCUT2D eigenvalue weighted by molar-refractivity contribution is 5.79. The maximum atomic E-state index is 7.83. The molecular formula is C10H20N2O. The molecule has 1 aliphatic heterocycles. The van der Waals surface area contributed by atoms with E-state index in [0.717, 1.165) is 31.8 Å². The Bertz CT molecular complexity index is 172. The second-order valence-corrected chi connectivity index (χ2v) is 3.86. The van der Waals surface area contributed by atoms with Gasteiger partial charge in [-0.15, -0.1) is 0 Å². The van der Waals surface area contributed by atoms with Gasteiger partial charge in [-0.05, 0) is 20.3 Å². The number of nitrogens with zero attached hydrogens (tertiary/aromatic N) is 1. The molecule has 0 spiro atoms. The SMILES string of the molecule is CCCC(=N)N1C[C@@H](C)O[C@@H](C)C1. The quantitative estimate of drug-likeness (QED) is 0.525. The lowest BCUT2D eigenvalue weighted by molar-refractivity contribution is -0.0487. The number of amidine groups is 1. The Labute approximate surface area is 80.6 Å². The van der Waals surface area contributed by atoms with E-state index in [1.807, 2.05) is 0 Å². The smallest absolute Gasteiger partial charge is 0.0959 e. The molecule has 2 atom stereocenters. The number of nitrogens with one attached hydrogen (secondary N) is 1. The highest BCUT2D eigenvalue weighted by Gasteiger charge is 2.23. The molecule has 13 heavy (non-hydrogen) atoms. The molecule has 0 saturated carbocycles. The van der Waals surface area contributed by atoms with E-state index >= 15 is 0 Å². The van der Waals surface area contributed by atoms with Crippen LogP contribution in [0.1, 0.15) is 33.6 Å². The Morgan fingerprint density at radius 1 is 1.38 bits per heavy atom. The van der Waals surface area contributed by atoms with Crippen LogP contribution in [0, 0.1) is 5.41 Å². The van der Waals surface area contributed by atoms with E-state index in [-0.39, 0.29) is 12.2 Å². The maximum Gasteiger partial charge on any atom is 0.0959 e. The highest BCUT2D eigenvalue weighted by atomic mass is 16.5.